The van der Waals surface area contributed by atoms with E-state index in [1.165, 1.54) is 4.90 Å². The van der Waals surface area contributed by atoms with E-state index in [4.69, 9.17) is 0 Å². The van der Waals surface area contributed by atoms with E-state index in [1.807, 2.05) is 56.3 Å². The molecule has 24 heavy (non-hydrogen) atoms. The molecule has 0 atom stereocenters. The summed E-state index contributed by atoms with van der Waals surface area (Å²) < 4.78 is 0.972. The standard InChI is InChI=1S/C19H21BrN2O2/c1-13-5-4-6-14(2)19(13)21-17(23)12-22(3)18(24)11-15-7-9-16(20)10-8-15/h4-10H,11-12H2,1-3H3,(H,21,23). The van der Waals surface area contributed by atoms with Gasteiger partial charge in [-0.15, -0.1) is 0 Å². The van der Waals surface area contributed by atoms with E-state index < -0.39 is 0 Å². The number of carbonyl (C=O) groups excluding carboxylic acids is 2. The summed E-state index contributed by atoms with van der Waals surface area (Å²) in [4.78, 5) is 25.9. The van der Waals surface area contributed by atoms with Crippen LogP contribution in [0.15, 0.2) is 46.9 Å². The highest BCUT2D eigenvalue weighted by molar-refractivity contribution is 9.10. The smallest absolute Gasteiger partial charge is 0.243 e. The SMILES string of the molecule is Cc1cccc(C)c1NC(=O)CN(C)C(=O)Cc1ccc(Br)cc1. The first-order chi connectivity index (χ1) is 11.4. The second-order valence-corrected chi connectivity index (χ2v) is 6.78. The third kappa shape index (κ3) is 4.93. The highest BCUT2D eigenvalue weighted by Crippen LogP contribution is 2.19. The summed E-state index contributed by atoms with van der Waals surface area (Å²) in [5.41, 5.74) is 3.75. The molecule has 0 bridgehead atoms. The summed E-state index contributed by atoms with van der Waals surface area (Å²) in [5.74, 6) is -0.284. The summed E-state index contributed by atoms with van der Waals surface area (Å²) in [6.45, 7) is 3.93. The lowest BCUT2D eigenvalue weighted by Gasteiger charge is -2.18. The fourth-order valence-electron chi connectivity index (χ4n) is 2.41. The van der Waals surface area contributed by atoms with Crippen molar-refractivity contribution in [2.24, 2.45) is 0 Å². The van der Waals surface area contributed by atoms with Gasteiger partial charge >= 0.3 is 0 Å². The van der Waals surface area contributed by atoms with Crippen LogP contribution in [0.1, 0.15) is 16.7 Å². The topological polar surface area (TPSA) is 49.4 Å². The summed E-state index contributed by atoms with van der Waals surface area (Å²) in [6, 6.07) is 13.4. The number of aryl methyl sites for hydroxylation is 2. The summed E-state index contributed by atoms with van der Waals surface area (Å²) in [7, 11) is 1.64. The van der Waals surface area contributed by atoms with Gasteiger partial charge in [0.1, 0.15) is 0 Å². The van der Waals surface area contributed by atoms with Gasteiger partial charge in [0.25, 0.3) is 0 Å². The molecular weight excluding hydrogens is 368 g/mol. The lowest BCUT2D eigenvalue weighted by molar-refractivity contribution is -0.132. The molecule has 0 radical (unpaired) electrons. The third-order valence-electron chi connectivity index (χ3n) is 3.82. The van der Waals surface area contributed by atoms with Gasteiger partial charge in [0.05, 0.1) is 13.0 Å². The number of carbonyl (C=O) groups is 2. The molecule has 0 aromatic heterocycles. The Morgan fingerprint density at radius 1 is 1.04 bits per heavy atom. The Bertz CT molecular complexity index is 721. The zero-order chi connectivity index (χ0) is 17.7. The lowest BCUT2D eigenvalue weighted by Crippen LogP contribution is -2.36. The average molecular weight is 389 g/mol. The van der Waals surface area contributed by atoms with Crippen LogP contribution < -0.4 is 5.32 Å². The Morgan fingerprint density at radius 2 is 1.62 bits per heavy atom. The largest absolute Gasteiger partial charge is 0.336 e. The van der Waals surface area contributed by atoms with Gasteiger partial charge < -0.3 is 10.2 Å². The summed E-state index contributed by atoms with van der Waals surface area (Å²) in [5, 5.41) is 2.90. The number of para-hydroxylation sites is 1. The van der Waals surface area contributed by atoms with Crippen molar-refractivity contribution in [2.45, 2.75) is 20.3 Å². The number of rotatable bonds is 5. The van der Waals surface area contributed by atoms with E-state index in [9.17, 15) is 9.59 Å². The molecule has 2 rings (SSSR count). The molecule has 2 amide bonds. The highest BCUT2D eigenvalue weighted by Gasteiger charge is 2.15. The monoisotopic (exact) mass is 388 g/mol. The molecule has 0 saturated carbocycles. The van der Waals surface area contributed by atoms with Gasteiger partial charge in [0.2, 0.25) is 11.8 Å². The first kappa shape index (κ1) is 18.2. The zero-order valence-electron chi connectivity index (χ0n) is 14.1. The maximum absolute atomic E-state index is 12.3. The normalized spacial score (nSPS) is 10.3. The lowest BCUT2D eigenvalue weighted by atomic mass is 10.1. The van der Waals surface area contributed by atoms with Crippen LogP contribution in [-0.4, -0.2) is 30.3 Å². The van der Waals surface area contributed by atoms with Gasteiger partial charge in [0.15, 0.2) is 0 Å². The van der Waals surface area contributed by atoms with Crippen LogP contribution >= 0.6 is 15.9 Å². The van der Waals surface area contributed by atoms with E-state index in [-0.39, 0.29) is 24.8 Å². The first-order valence-corrected chi connectivity index (χ1v) is 8.50. The number of nitrogens with one attached hydrogen (secondary N) is 1. The van der Waals surface area contributed by atoms with Gasteiger partial charge in [0, 0.05) is 17.2 Å². The van der Waals surface area contributed by atoms with Gasteiger partial charge in [-0.1, -0.05) is 46.3 Å². The van der Waals surface area contributed by atoms with Crippen LogP contribution in [0.25, 0.3) is 0 Å². The maximum Gasteiger partial charge on any atom is 0.243 e. The van der Waals surface area contributed by atoms with Gasteiger partial charge in [-0.2, -0.15) is 0 Å². The molecular formula is C19H21BrN2O2. The van der Waals surface area contributed by atoms with E-state index in [0.717, 1.165) is 26.9 Å². The van der Waals surface area contributed by atoms with Crippen LogP contribution in [0.5, 0.6) is 0 Å². The minimum absolute atomic E-state index is 0.0309. The molecule has 2 aromatic carbocycles. The van der Waals surface area contributed by atoms with Gasteiger partial charge in [-0.05, 0) is 42.7 Å². The van der Waals surface area contributed by atoms with Crippen molar-refractivity contribution in [3.05, 3.63) is 63.6 Å². The number of likely N-dealkylation sites (N-methyl/N-ethyl adjacent to an activating group) is 1. The second-order valence-electron chi connectivity index (χ2n) is 5.87. The Morgan fingerprint density at radius 3 is 2.21 bits per heavy atom. The van der Waals surface area contributed by atoms with E-state index in [2.05, 4.69) is 21.2 Å². The first-order valence-electron chi connectivity index (χ1n) is 7.71. The van der Waals surface area contributed by atoms with Crippen molar-refractivity contribution in [3.8, 4) is 0 Å². The van der Waals surface area contributed by atoms with Crippen molar-refractivity contribution in [1.82, 2.24) is 4.90 Å². The maximum atomic E-state index is 12.3. The molecule has 0 unspecified atom stereocenters. The Labute approximate surface area is 151 Å². The van der Waals surface area contributed by atoms with Crippen LogP contribution in [0.2, 0.25) is 0 Å². The molecule has 0 aliphatic rings. The van der Waals surface area contributed by atoms with Crippen molar-refractivity contribution in [2.75, 3.05) is 18.9 Å². The predicted molar refractivity (Wildman–Crippen MR) is 100 cm³/mol. The molecule has 4 nitrogen and oxygen atoms in total. The quantitative estimate of drug-likeness (QED) is 0.848. The van der Waals surface area contributed by atoms with E-state index in [0.29, 0.717) is 0 Å². The zero-order valence-corrected chi connectivity index (χ0v) is 15.7. The van der Waals surface area contributed by atoms with Crippen LogP contribution in [0.4, 0.5) is 5.69 Å². The fourth-order valence-corrected chi connectivity index (χ4v) is 2.67. The Kier molecular flexibility index (Phi) is 6.15. The van der Waals surface area contributed by atoms with Crippen molar-refractivity contribution in [1.29, 1.82) is 0 Å². The molecule has 0 fully saturated rings. The van der Waals surface area contributed by atoms with E-state index >= 15 is 0 Å². The minimum atomic E-state index is -0.195. The van der Waals surface area contributed by atoms with Crippen molar-refractivity contribution >= 4 is 33.4 Å². The minimum Gasteiger partial charge on any atom is -0.336 e. The Balaban J connectivity index is 1.93. The van der Waals surface area contributed by atoms with Crippen molar-refractivity contribution in [3.63, 3.8) is 0 Å². The van der Waals surface area contributed by atoms with Crippen molar-refractivity contribution < 1.29 is 9.59 Å². The molecule has 0 saturated heterocycles. The number of halogens is 1. The molecule has 2 aromatic rings. The third-order valence-corrected chi connectivity index (χ3v) is 4.35. The van der Waals surface area contributed by atoms with Crippen LogP contribution in [0.3, 0.4) is 0 Å². The highest BCUT2D eigenvalue weighted by atomic mass is 79.9. The number of anilines is 1. The summed E-state index contributed by atoms with van der Waals surface area (Å²) in [6.07, 6.45) is 0.278. The molecule has 1 N–H and O–H groups in total. The number of hydrogen-bond acceptors (Lipinski definition) is 2. The molecule has 0 spiro atoms. The molecule has 5 heteroatoms. The number of benzene rings is 2. The number of amides is 2. The van der Waals surface area contributed by atoms with Gasteiger partial charge in [-0.3, -0.25) is 9.59 Å². The Hall–Kier alpha value is -2.14. The molecule has 0 aliphatic heterocycles. The van der Waals surface area contributed by atoms with Crippen LogP contribution in [0, 0.1) is 13.8 Å². The number of nitrogens with zero attached hydrogens (tertiary/aromatic N) is 1. The second kappa shape index (κ2) is 8.11. The van der Waals surface area contributed by atoms with Gasteiger partial charge in [-0.25, -0.2) is 0 Å². The number of hydrogen-bond donors (Lipinski definition) is 1. The molecule has 0 heterocycles. The van der Waals surface area contributed by atoms with E-state index in [1.54, 1.807) is 7.05 Å². The average Bonchev–Trinajstić information content (AvgIpc) is 2.53. The summed E-state index contributed by atoms with van der Waals surface area (Å²) >= 11 is 3.37. The molecule has 126 valence electrons. The predicted octanol–water partition coefficient (Wildman–Crippen LogP) is 3.71. The molecule has 0 aliphatic carbocycles. The fraction of sp³-hybridized carbons (Fsp3) is 0.263. The van der Waals surface area contributed by atoms with Crippen LogP contribution in [-0.2, 0) is 16.0 Å².